The lowest BCUT2D eigenvalue weighted by atomic mass is 10.0. The lowest BCUT2D eigenvalue weighted by molar-refractivity contribution is -0.137. The van der Waals surface area contributed by atoms with Gasteiger partial charge in [0.05, 0.1) is 17.5 Å². The van der Waals surface area contributed by atoms with Crippen LogP contribution in [0.1, 0.15) is 56.3 Å². The van der Waals surface area contributed by atoms with Crippen LogP contribution in [-0.4, -0.2) is 4.98 Å². The average Bonchev–Trinajstić information content (AvgIpc) is 2.76. The van der Waals surface area contributed by atoms with E-state index in [1.54, 1.807) is 12.3 Å². The lowest BCUT2D eigenvalue weighted by Gasteiger charge is -2.20. The van der Waals surface area contributed by atoms with E-state index in [0.29, 0.717) is 17.0 Å². The van der Waals surface area contributed by atoms with Gasteiger partial charge in [0.15, 0.2) is 0 Å². The first-order valence-electron chi connectivity index (χ1n) is 10.3. The molecule has 0 aliphatic heterocycles. The molecule has 5 heteroatoms. The summed E-state index contributed by atoms with van der Waals surface area (Å²) in [6, 6.07) is 18.7. The van der Waals surface area contributed by atoms with Gasteiger partial charge in [-0.1, -0.05) is 68.7 Å². The number of pyridine rings is 1. The van der Waals surface area contributed by atoms with Crippen molar-refractivity contribution in [1.29, 1.82) is 0 Å². The lowest BCUT2D eigenvalue weighted by Crippen LogP contribution is -2.08. The Kier molecular flexibility index (Phi) is 7.50. The fourth-order valence-corrected chi connectivity index (χ4v) is 3.33. The predicted molar refractivity (Wildman–Crippen MR) is 113 cm³/mol. The molecular weight excluding hydrogens is 387 g/mol. The van der Waals surface area contributed by atoms with Crippen molar-refractivity contribution < 1.29 is 17.9 Å². The van der Waals surface area contributed by atoms with Crippen molar-refractivity contribution in [1.82, 2.24) is 4.98 Å². The van der Waals surface area contributed by atoms with E-state index in [2.05, 4.69) is 24.0 Å². The monoisotopic (exact) mass is 413 g/mol. The van der Waals surface area contributed by atoms with Crippen LogP contribution in [0.4, 0.5) is 13.2 Å². The summed E-state index contributed by atoms with van der Waals surface area (Å²) in [5, 5.41) is 0. The minimum Gasteiger partial charge on any atom is -0.484 e. The van der Waals surface area contributed by atoms with E-state index in [0.717, 1.165) is 30.5 Å². The minimum atomic E-state index is -4.34. The molecule has 30 heavy (non-hydrogen) atoms. The normalized spacial score (nSPS) is 12.5. The Morgan fingerprint density at radius 2 is 1.60 bits per heavy atom. The number of halogens is 3. The second kappa shape index (κ2) is 10.3. The maximum absolute atomic E-state index is 12.7. The van der Waals surface area contributed by atoms with Gasteiger partial charge < -0.3 is 4.74 Å². The van der Waals surface area contributed by atoms with Crippen LogP contribution in [-0.2, 0) is 6.18 Å². The summed E-state index contributed by atoms with van der Waals surface area (Å²) in [4.78, 5) is 4.39. The number of alkyl halides is 3. The molecule has 158 valence electrons. The molecule has 0 aliphatic rings. The third kappa shape index (κ3) is 6.09. The molecule has 2 aromatic carbocycles. The van der Waals surface area contributed by atoms with Crippen LogP contribution in [0, 0.1) is 0 Å². The highest BCUT2D eigenvalue weighted by atomic mass is 19.4. The molecule has 1 atom stereocenters. The maximum atomic E-state index is 12.7. The average molecular weight is 413 g/mol. The van der Waals surface area contributed by atoms with E-state index in [4.69, 9.17) is 4.74 Å². The molecule has 1 unspecified atom stereocenters. The molecule has 0 spiro atoms. The van der Waals surface area contributed by atoms with Crippen LogP contribution < -0.4 is 4.74 Å². The molecule has 1 heterocycles. The van der Waals surface area contributed by atoms with E-state index in [-0.39, 0.29) is 6.10 Å². The number of benzene rings is 2. The van der Waals surface area contributed by atoms with Crippen molar-refractivity contribution in [2.24, 2.45) is 0 Å². The smallest absolute Gasteiger partial charge is 0.416 e. The Balaban J connectivity index is 1.70. The first-order valence-corrected chi connectivity index (χ1v) is 10.3. The Hall–Kier alpha value is -2.82. The van der Waals surface area contributed by atoms with Crippen molar-refractivity contribution in [3.05, 3.63) is 84.1 Å². The standard InChI is InChI=1S/C25H26F3NO/c1-2-3-4-8-11-24(20-9-6-5-7-10-20)30-22-16-17-23(29-18-22)19-12-14-21(15-13-19)25(26,27)28/h5-7,9-10,12-18,24H,2-4,8,11H2,1H3. The fraction of sp³-hybridized carbons (Fsp3) is 0.320. The van der Waals surface area contributed by atoms with Gasteiger partial charge >= 0.3 is 6.18 Å². The molecule has 0 aliphatic carbocycles. The van der Waals surface area contributed by atoms with Gasteiger partial charge in [-0.15, -0.1) is 0 Å². The third-order valence-electron chi connectivity index (χ3n) is 5.01. The number of rotatable bonds is 9. The van der Waals surface area contributed by atoms with Crippen molar-refractivity contribution in [3.8, 4) is 17.0 Å². The number of aromatic nitrogens is 1. The molecule has 0 fully saturated rings. The summed E-state index contributed by atoms with van der Waals surface area (Å²) in [7, 11) is 0. The Morgan fingerprint density at radius 3 is 2.20 bits per heavy atom. The van der Waals surface area contributed by atoms with Crippen molar-refractivity contribution in [2.75, 3.05) is 0 Å². The molecule has 3 rings (SSSR count). The van der Waals surface area contributed by atoms with Crippen molar-refractivity contribution in [2.45, 2.75) is 51.3 Å². The first kappa shape index (κ1) is 21.9. The van der Waals surface area contributed by atoms with E-state index in [1.807, 2.05) is 24.3 Å². The van der Waals surface area contributed by atoms with Gasteiger partial charge in [-0.05, 0) is 42.7 Å². The van der Waals surface area contributed by atoms with Crippen LogP contribution >= 0.6 is 0 Å². The molecule has 0 radical (unpaired) electrons. The van der Waals surface area contributed by atoms with Gasteiger partial charge in [-0.25, -0.2) is 0 Å². The van der Waals surface area contributed by atoms with Crippen LogP contribution in [0.25, 0.3) is 11.3 Å². The molecule has 1 aromatic heterocycles. The number of nitrogens with zero attached hydrogens (tertiary/aromatic N) is 1. The number of ether oxygens (including phenoxy) is 1. The van der Waals surface area contributed by atoms with Crippen LogP contribution in [0.2, 0.25) is 0 Å². The molecule has 0 saturated heterocycles. The van der Waals surface area contributed by atoms with E-state index in [9.17, 15) is 13.2 Å². The van der Waals surface area contributed by atoms with Gasteiger partial charge in [0.25, 0.3) is 0 Å². The van der Waals surface area contributed by atoms with Gasteiger partial charge in [0, 0.05) is 5.56 Å². The zero-order chi connectivity index (χ0) is 21.4. The SMILES string of the molecule is CCCCCCC(Oc1ccc(-c2ccc(C(F)(F)F)cc2)nc1)c1ccccc1. The number of hydrogen-bond donors (Lipinski definition) is 0. The Labute approximate surface area is 175 Å². The van der Waals surface area contributed by atoms with Crippen LogP contribution in [0.5, 0.6) is 5.75 Å². The van der Waals surface area contributed by atoms with Crippen LogP contribution in [0.3, 0.4) is 0 Å². The summed E-state index contributed by atoms with van der Waals surface area (Å²) in [5.41, 5.74) is 1.70. The fourth-order valence-electron chi connectivity index (χ4n) is 3.33. The second-order valence-electron chi connectivity index (χ2n) is 7.32. The molecule has 2 nitrogen and oxygen atoms in total. The summed E-state index contributed by atoms with van der Waals surface area (Å²) >= 11 is 0. The zero-order valence-electron chi connectivity index (χ0n) is 17.0. The molecule has 0 amide bonds. The molecule has 0 saturated carbocycles. The second-order valence-corrected chi connectivity index (χ2v) is 7.32. The topological polar surface area (TPSA) is 22.1 Å². The van der Waals surface area contributed by atoms with Crippen molar-refractivity contribution >= 4 is 0 Å². The Morgan fingerprint density at radius 1 is 0.867 bits per heavy atom. The van der Waals surface area contributed by atoms with Crippen molar-refractivity contribution in [3.63, 3.8) is 0 Å². The van der Waals surface area contributed by atoms with E-state index < -0.39 is 11.7 Å². The summed E-state index contributed by atoms with van der Waals surface area (Å²) in [6.45, 7) is 2.19. The van der Waals surface area contributed by atoms with Crippen LogP contribution in [0.15, 0.2) is 72.9 Å². The summed E-state index contributed by atoms with van der Waals surface area (Å²) in [5.74, 6) is 0.648. The first-order chi connectivity index (χ1) is 14.5. The van der Waals surface area contributed by atoms with Gasteiger partial charge in [-0.3, -0.25) is 4.98 Å². The van der Waals surface area contributed by atoms with E-state index >= 15 is 0 Å². The number of unbranched alkanes of at least 4 members (excludes halogenated alkanes) is 3. The zero-order valence-corrected chi connectivity index (χ0v) is 17.0. The third-order valence-corrected chi connectivity index (χ3v) is 5.01. The highest BCUT2D eigenvalue weighted by Crippen LogP contribution is 2.31. The molecule has 3 aromatic rings. The molecule has 0 bridgehead atoms. The van der Waals surface area contributed by atoms with Gasteiger partial charge in [0.2, 0.25) is 0 Å². The minimum absolute atomic E-state index is 0.0539. The molecular formula is C25H26F3NO. The quantitative estimate of drug-likeness (QED) is 0.333. The molecule has 0 N–H and O–H groups in total. The predicted octanol–water partition coefficient (Wildman–Crippen LogP) is 7.86. The van der Waals surface area contributed by atoms with Gasteiger partial charge in [-0.2, -0.15) is 13.2 Å². The highest BCUT2D eigenvalue weighted by Gasteiger charge is 2.30. The highest BCUT2D eigenvalue weighted by molar-refractivity contribution is 5.60. The number of hydrogen-bond acceptors (Lipinski definition) is 2. The Bertz CT molecular complexity index is 890. The summed E-state index contributed by atoms with van der Waals surface area (Å²) in [6.07, 6.45) is 2.82. The van der Waals surface area contributed by atoms with Gasteiger partial charge in [0.1, 0.15) is 11.9 Å². The largest absolute Gasteiger partial charge is 0.484 e. The van der Waals surface area contributed by atoms with E-state index in [1.165, 1.54) is 31.4 Å². The maximum Gasteiger partial charge on any atom is 0.416 e. The summed E-state index contributed by atoms with van der Waals surface area (Å²) < 4.78 is 44.4.